The van der Waals surface area contributed by atoms with Gasteiger partial charge in [0.25, 0.3) is 0 Å². The van der Waals surface area contributed by atoms with Crippen LogP contribution in [0.1, 0.15) is 26.3 Å². The number of carbonyl (C=O) groups is 1. The third kappa shape index (κ3) is 4.25. The fourth-order valence-electron chi connectivity index (χ4n) is 1.28. The fraction of sp³-hybridized carbons (Fsp3) is 0.636. The van der Waals surface area contributed by atoms with E-state index in [9.17, 15) is 4.79 Å². The molecule has 1 rings (SSSR count). The molecule has 0 aliphatic heterocycles. The molecule has 0 aliphatic carbocycles. The lowest BCUT2D eigenvalue weighted by atomic mass is 10.2. The second-order valence-corrected chi connectivity index (χ2v) is 3.96. The van der Waals surface area contributed by atoms with Gasteiger partial charge >= 0.3 is 0 Å². The maximum atomic E-state index is 11.5. The summed E-state index contributed by atoms with van der Waals surface area (Å²) in [6.07, 6.45) is 4.16. The van der Waals surface area contributed by atoms with Gasteiger partial charge in [0.15, 0.2) is 5.78 Å². The van der Waals surface area contributed by atoms with Gasteiger partial charge in [-0.25, -0.2) is 0 Å². The second-order valence-electron chi connectivity index (χ2n) is 3.96. The van der Waals surface area contributed by atoms with Gasteiger partial charge in [-0.3, -0.25) is 9.48 Å². The third-order valence-corrected chi connectivity index (χ3v) is 2.12. The predicted octanol–water partition coefficient (Wildman–Crippen LogP) is 1.01. The Kier molecular flexibility index (Phi) is 4.49. The van der Waals surface area contributed by atoms with E-state index in [1.165, 1.54) is 0 Å². The van der Waals surface area contributed by atoms with Gasteiger partial charge in [-0.1, -0.05) is 13.8 Å². The molecule has 1 aromatic rings. The minimum absolute atomic E-state index is 0.208. The van der Waals surface area contributed by atoms with Gasteiger partial charge in [0.1, 0.15) is 0 Å². The van der Waals surface area contributed by atoms with Crippen molar-refractivity contribution in [2.45, 2.75) is 39.8 Å². The number of ketones is 1. The van der Waals surface area contributed by atoms with Crippen LogP contribution < -0.4 is 5.32 Å². The summed E-state index contributed by atoms with van der Waals surface area (Å²) >= 11 is 0. The van der Waals surface area contributed by atoms with Crippen molar-refractivity contribution >= 4 is 5.78 Å². The van der Waals surface area contributed by atoms with Crippen molar-refractivity contribution in [1.29, 1.82) is 0 Å². The van der Waals surface area contributed by atoms with E-state index in [1.54, 1.807) is 6.20 Å². The third-order valence-electron chi connectivity index (χ3n) is 2.12. The zero-order valence-corrected chi connectivity index (χ0v) is 9.66. The summed E-state index contributed by atoms with van der Waals surface area (Å²) in [5.41, 5.74) is 0.993. The first-order valence-electron chi connectivity index (χ1n) is 5.38. The molecule has 15 heavy (non-hydrogen) atoms. The van der Waals surface area contributed by atoms with Crippen LogP contribution in [0.15, 0.2) is 12.4 Å². The van der Waals surface area contributed by atoms with E-state index >= 15 is 0 Å². The molecule has 0 bridgehead atoms. The Morgan fingerprint density at radius 2 is 2.33 bits per heavy atom. The molecule has 4 nitrogen and oxygen atoms in total. The average Bonchev–Trinajstić information content (AvgIpc) is 2.62. The van der Waals surface area contributed by atoms with Gasteiger partial charge in [0, 0.05) is 25.2 Å². The molecule has 84 valence electrons. The number of hydrogen-bond acceptors (Lipinski definition) is 3. The minimum Gasteiger partial charge on any atom is -0.308 e. The highest BCUT2D eigenvalue weighted by Gasteiger charge is 2.05. The van der Waals surface area contributed by atoms with E-state index in [2.05, 4.69) is 10.4 Å². The van der Waals surface area contributed by atoms with Crippen LogP contribution in [0.25, 0.3) is 0 Å². The summed E-state index contributed by atoms with van der Waals surface area (Å²) in [5, 5.41) is 7.24. The summed E-state index contributed by atoms with van der Waals surface area (Å²) in [7, 11) is 0. The Balaban J connectivity index is 2.37. The fourth-order valence-corrected chi connectivity index (χ4v) is 1.28. The lowest BCUT2D eigenvalue weighted by molar-refractivity contribution is -0.117. The van der Waals surface area contributed by atoms with Crippen molar-refractivity contribution in [2.24, 2.45) is 0 Å². The normalized spacial score (nSPS) is 10.9. The number of hydrogen-bond donors (Lipinski definition) is 1. The molecule has 0 saturated heterocycles. The largest absolute Gasteiger partial charge is 0.308 e. The van der Waals surface area contributed by atoms with Crippen LogP contribution >= 0.6 is 0 Å². The topological polar surface area (TPSA) is 46.9 Å². The summed E-state index contributed by atoms with van der Waals surface area (Å²) in [6, 6.07) is 0.354. The smallest absolute Gasteiger partial charge is 0.151 e. The molecule has 1 N–H and O–H groups in total. The van der Waals surface area contributed by atoms with Gasteiger partial charge in [0.2, 0.25) is 0 Å². The summed E-state index contributed by atoms with van der Waals surface area (Å²) in [6.45, 7) is 7.37. The molecule has 1 heterocycles. The molecule has 0 atom stereocenters. The van der Waals surface area contributed by atoms with Crippen molar-refractivity contribution in [3.8, 4) is 0 Å². The lowest BCUT2D eigenvalue weighted by Crippen LogP contribution is -2.29. The zero-order valence-electron chi connectivity index (χ0n) is 9.66. The number of Topliss-reactive ketones (excluding diaryl/α,β-unsaturated/α-hetero) is 1. The molecule has 1 aromatic heterocycles. The van der Waals surface area contributed by atoms with Crippen LogP contribution in [0.5, 0.6) is 0 Å². The Morgan fingerprint density at radius 3 is 2.87 bits per heavy atom. The van der Waals surface area contributed by atoms with Crippen LogP contribution in [-0.2, 0) is 17.8 Å². The van der Waals surface area contributed by atoms with Crippen LogP contribution in [-0.4, -0.2) is 28.2 Å². The molecule has 0 aliphatic rings. The highest BCUT2D eigenvalue weighted by Crippen LogP contribution is 1.99. The lowest BCUT2D eigenvalue weighted by Gasteiger charge is -2.05. The first-order valence-corrected chi connectivity index (χ1v) is 5.38. The van der Waals surface area contributed by atoms with E-state index in [0.717, 1.165) is 12.1 Å². The first kappa shape index (κ1) is 11.9. The van der Waals surface area contributed by atoms with E-state index in [1.807, 2.05) is 31.6 Å². The number of aromatic nitrogens is 2. The molecular weight excluding hydrogens is 190 g/mol. The van der Waals surface area contributed by atoms with Crippen molar-refractivity contribution in [3.63, 3.8) is 0 Å². The highest BCUT2D eigenvalue weighted by molar-refractivity contribution is 5.82. The SMILES string of the molecule is CCn1cc(CC(=O)CNC(C)C)cn1. The van der Waals surface area contributed by atoms with Gasteiger partial charge in [0.05, 0.1) is 12.7 Å². The van der Waals surface area contributed by atoms with E-state index < -0.39 is 0 Å². The standard InChI is InChI=1S/C11H19N3O/c1-4-14-8-10(6-13-14)5-11(15)7-12-9(2)3/h6,8-9,12H,4-5,7H2,1-3H3. The molecule has 0 aromatic carbocycles. The number of nitrogens with one attached hydrogen (secondary N) is 1. The van der Waals surface area contributed by atoms with Crippen molar-refractivity contribution < 1.29 is 4.79 Å². The quantitative estimate of drug-likeness (QED) is 0.760. The van der Waals surface area contributed by atoms with Crippen LogP contribution in [0.4, 0.5) is 0 Å². The zero-order chi connectivity index (χ0) is 11.3. The van der Waals surface area contributed by atoms with Gasteiger partial charge in [-0.05, 0) is 12.5 Å². The van der Waals surface area contributed by atoms with Crippen molar-refractivity contribution in [1.82, 2.24) is 15.1 Å². The highest BCUT2D eigenvalue weighted by atomic mass is 16.1. The predicted molar refractivity (Wildman–Crippen MR) is 59.8 cm³/mol. The number of carbonyl (C=O) groups excluding carboxylic acids is 1. The Bertz CT molecular complexity index is 317. The summed E-state index contributed by atoms with van der Waals surface area (Å²) in [4.78, 5) is 11.5. The van der Waals surface area contributed by atoms with Crippen LogP contribution in [0, 0.1) is 0 Å². The molecule has 0 fully saturated rings. The molecular formula is C11H19N3O. The Morgan fingerprint density at radius 1 is 1.60 bits per heavy atom. The van der Waals surface area contributed by atoms with Crippen LogP contribution in [0.3, 0.4) is 0 Å². The van der Waals surface area contributed by atoms with E-state index in [-0.39, 0.29) is 5.78 Å². The summed E-state index contributed by atoms with van der Waals surface area (Å²) in [5.74, 6) is 0.208. The molecule has 0 unspecified atom stereocenters. The molecule has 4 heteroatoms. The van der Waals surface area contributed by atoms with E-state index in [4.69, 9.17) is 0 Å². The maximum Gasteiger partial charge on any atom is 0.151 e. The molecule has 0 spiro atoms. The monoisotopic (exact) mass is 209 g/mol. The van der Waals surface area contributed by atoms with Gasteiger partial charge in [-0.15, -0.1) is 0 Å². The number of aryl methyl sites for hydroxylation is 1. The minimum atomic E-state index is 0.208. The average molecular weight is 209 g/mol. The number of rotatable bonds is 6. The summed E-state index contributed by atoms with van der Waals surface area (Å²) < 4.78 is 1.83. The maximum absolute atomic E-state index is 11.5. The van der Waals surface area contributed by atoms with Crippen molar-refractivity contribution in [2.75, 3.05) is 6.54 Å². The number of nitrogens with zero attached hydrogens (tertiary/aromatic N) is 2. The Hall–Kier alpha value is -1.16. The van der Waals surface area contributed by atoms with Crippen molar-refractivity contribution in [3.05, 3.63) is 18.0 Å². The Labute approximate surface area is 90.7 Å². The molecule has 0 saturated carbocycles. The molecule has 0 amide bonds. The van der Waals surface area contributed by atoms with Gasteiger partial charge < -0.3 is 5.32 Å². The van der Waals surface area contributed by atoms with E-state index in [0.29, 0.717) is 19.0 Å². The molecule has 0 radical (unpaired) electrons. The van der Waals surface area contributed by atoms with Gasteiger partial charge in [-0.2, -0.15) is 5.10 Å². The van der Waals surface area contributed by atoms with Crippen LogP contribution in [0.2, 0.25) is 0 Å². The second kappa shape index (κ2) is 5.66. The first-order chi connectivity index (χ1) is 7.11.